The molecule has 0 fully saturated rings. The van der Waals surface area contributed by atoms with E-state index >= 15 is 0 Å². The van der Waals surface area contributed by atoms with Crippen molar-refractivity contribution >= 4 is 43.1 Å². The van der Waals surface area contributed by atoms with Gasteiger partial charge in [-0.3, -0.25) is 0 Å². The summed E-state index contributed by atoms with van der Waals surface area (Å²) >= 11 is 0. The fraction of sp³-hybridized carbons (Fsp3) is 0.0566. The summed E-state index contributed by atoms with van der Waals surface area (Å²) in [5, 5.41) is 10.5. The van der Waals surface area contributed by atoms with Crippen LogP contribution < -0.4 is 0 Å². The number of benzene rings is 10. The predicted octanol–water partition coefficient (Wildman–Crippen LogP) is 14.7. The van der Waals surface area contributed by atoms with Gasteiger partial charge in [-0.05, 0) is 128 Å². The maximum Gasteiger partial charge on any atom is 0.0165 e. The van der Waals surface area contributed by atoms with Crippen LogP contribution >= 0.6 is 0 Å². The Morgan fingerprint density at radius 1 is 0.302 bits per heavy atom. The number of fused-ring (bicyclic) bond motifs is 5. The minimum atomic E-state index is -0.0860. The summed E-state index contributed by atoms with van der Waals surface area (Å²) in [7, 11) is 0. The van der Waals surface area contributed by atoms with E-state index in [1.54, 1.807) is 0 Å². The van der Waals surface area contributed by atoms with E-state index in [0.29, 0.717) is 0 Å². The van der Waals surface area contributed by atoms with Crippen LogP contribution in [0.4, 0.5) is 0 Å². The van der Waals surface area contributed by atoms with Crippen LogP contribution in [0, 0.1) is 0 Å². The van der Waals surface area contributed by atoms with Gasteiger partial charge in [-0.1, -0.05) is 178 Å². The SMILES string of the molecule is CC1(C)c2cc(-c3cccc(-c4cccc(-c5ccc6ccc7c(-c8ccccc8)ccc8ccc5c6c87)c4)c3)ccc2-c2ccc3ccccc3c21. The van der Waals surface area contributed by atoms with Gasteiger partial charge in [-0.15, -0.1) is 0 Å². The molecule has 11 rings (SSSR count). The zero-order chi connectivity index (χ0) is 35.3. The first-order valence-corrected chi connectivity index (χ1v) is 18.7. The Bertz CT molecular complexity index is 3070. The first kappa shape index (κ1) is 30.2. The Balaban J connectivity index is 0.996. The first-order chi connectivity index (χ1) is 26.0. The molecule has 248 valence electrons. The van der Waals surface area contributed by atoms with Crippen molar-refractivity contribution in [2.24, 2.45) is 0 Å². The van der Waals surface area contributed by atoms with Gasteiger partial charge in [0.25, 0.3) is 0 Å². The first-order valence-electron chi connectivity index (χ1n) is 18.7. The fourth-order valence-corrected chi connectivity index (χ4v) is 9.45. The van der Waals surface area contributed by atoms with Crippen molar-refractivity contribution in [3.8, 4) is 55.6 Å². The Kier molecular flexibility index (Phi) is 6.40. The van der Waals surface area contributed by atoms with E-state index in [9.17, 15) is 0 Å². The van der Waals surface area contributed by atoms with Gasteiger partial charge in [-0.25, -0.2) is 0 Å². The number of rotatable bonds is 4. The van der Waals surface area contributed by atoms with Gasteiger partial charge < -0.3 is 0 Å². The van der Waals surface area contributed by atoms with Gasteiger partial charge in [0.1, 0.15) is 0 Å². The van der Waals surface area contributed by atoms with Gasteiger partial charge in [0, 0.05) is 5.41 Å². The summed E-state index contributed by atoms with van der Waals surface area (Å²) in [6.45, 7) is 4.77. The molecule has 1 aliphatic carbocycles. The van der Waals surface area contributed by atoms with Gasteiger partial charge in [0.15, 0.2) is 0 Å². The normalized spacial score (nSPS) is 13.2. The second kappa shape index (κ2) is 11.2. The predicted molar refractivity (Wildman–Crippen MR) is 227 cm³/mol. The van der Waals surface area contributed by atoms with E-state index in [-0.39, 0.29) is 5.41 Å². The molecular formula is C53H36. The van der Waals surface area contributed by atoms with Crippen molar-refractivity contribution in [1.82, 2.24) is 0 Å². The Hall–Kier alpha value is -6.50. The number of hydrogen-bond acceptors (Lipinski definition) is 0. The van der Waals surface area contributed by atoms with Crippen LogP contribution in [-0.2, 0) is 5.41 Å². The highest BCUT2D eigenvalue weighted by Gasteiger charge is 2.37. The van der Waals surface area contributed by atoms with Gasteiger partial charge in [0.05, 0.1) is 0 Å². The molecule has 0 radical (unpaired) electrons. The highest BCUT2D eigenvalue weighted by molar-refractivity contribution is 6.27. The Labute approximate surface area is 310 Å². The lowest BCUT2D eigenvalue weighted by molar-refractivity contribution is 0.666. The molecule has 0 saturated heterocycles. The van der Waals surface area contributed by atoms with E-state index in [2.05, 4.69) is 196 Å². The molecule has 0 aliphatic heterocycles. The molecule has 0 amide bonds. The Morgan fingerprint density at radius 2 is 0.792 bits per heavy atom. The molecule has 0 atom stereocenters. The topological polar surface area (TPSA) is 0 Å². The summed E-state index contributed by atoms with van der Waals surface area (Å²) in [5.41, 5.74) is 15.5. The van der Waals surface area contributed by atoms with E-state index in [1.807, 2.05) is 0 Å². The maximum absolute atomic E-state index is 2.44. The average Bonchev–Trinajstić information content (AvgIpc) is 3.45. The molecule has 0 heteroatoms. The molecule has 10 aromatic rings. The summed E-state index contributed by atoms with van der Waals surface area (Å²) in [6.07, 6.45) is 0. The monoisotopic (exact) mass is 672 g/mol. The lowest BCUT2D eigenvalue weighted by Gasteiger charge is -2.23. The van der Waals surface area contributed by atoms with Crippen LogP contribution in [-0.4, -0.2) is 0 Å². The van der Waals surface area contributed by atoms with Crippen LogP contribution in [0.5, 0.6) is 0 Å². The smallest absolute Gasteiger partial charge is 0.0165 e. The quantitative estimate of drug-likeness (QED) is 0.163. The molecule has 0 nitrogen and oxygen atoms in total. The second-order valence-electron chi connectivity index (χ2n) is 15.3. The molecule has 0 N–H and O–H groups in total. The van der Waals surface area contributed by atoms with Crippen molar-refractivity contribution in [1.29, 1.82) is 0 Å². The van der Waals surface area contributed by atoms with E-state index in [4.69, 9.17) is 0 Å². The Morgan fingerprint density at radius 3 is 1.49 bits per heavy atom. The van der Waals surface area contributed by atoms with Crippen molar-refractivity contribution in [2.75, 3.05) is 0 Å². The van der Waals surface area contributed by atoms with E-state index in [1.165, 1.54) is 110 Å². The third-order valence-corrected chi connectivity index (χ3v) is 12.0. The summed E-state index contributed by atoms with van der Waals surface area (Å²) in [6, 6.07) is 67.8. The standard InChI is InChI=1S/C53H36/c1-53(2)49-32-40(23-26-45(49)48-29-18-34-12-6-7-17-44(34)52(48)53)38-14-8-13-37(30-38)39-15-9-16-41(31-39)43-25-20-36-21-27-46-42(33-10-4-3-5-11-33)24-19-35-22-28-47(43)51(36)50(35)46/h3-32H,1-2H3. The van der Waals surface area contributed by atoms with Crippen molar-refractivity contribution in [3.63, 3.8) is 0 Å². The highest BCUT2D eigenvalue weighted by atomic mass is 14.4. The zero-order valence-electron chi connectivity index (χ0n) is 29.8. The minimum absolute atomic E-state index is 0.0860. The molecule has 0 heterocycles. The summed E-state index contributed by atoms with van der Waals surface area (Å²) in [5.74, 6) is 0. The molecule has 10 aromatic carbocycles. The summed E-state index contributed by atoms with van der Waals surface area (Å²) < 4.78 is 0. The molecule has 1 aliphatic rings. The van der Waals surface area contributed by atoms with E-state index in [0.717, 1.165) is 0 Å². The summed E-state index contributed by atoms with van der Waals surface area (Å²) in [4.78, 5) is 0. The molecule has 0 spiro atoms. The maximum atomic E-state index is 2.44. The van der Waals surface area contributed by atoms with Crippen molar-refractivity contribution in [2.45, 2.75) is 19.3 Å². The molecule has 0 bridgehead atoms. The van der Waals surface area contributed by atoms with Crippen LogP contribution in [0.15, 0.2) is 182 Å². The van der Waals surface area contributed by atoms with E-state index < -0.39 is 0 Å². The molecule has 53 heavy (non-hydrogen) atoms. The third-order valence-electron chi connectivity index (χ3n) is 12.0. The average molecular weight is 673 g/mol. The minimum Gasteiger partial charge on any atom is -0.0622 e. The second-order valence-corrected chi connectivity index (χ2v) is 15.3. The van der Waals surface area contributed by atoms with Crippen LogP contribution in [0.3, 0.4) is 0 Å². The lowest BCUT2D eigenvalue weighted by atomic mass is 9.79. The largest absolute Gasteiger partial charge is 0.0622 e. The van der Waals surface area contributed by atoms with Crippen molar-refractivity contribution < 1.29 is 0 Å². The molecular weight excluding hydrogens is 637 g/mol. The van der Waals surface area contributed by atoms with Crippen LogP contribution in [0.1, 0.15) is 25.0 Å². The van der Waals surface area contributed by atoms with Crippen LogP contribution in [0.2, 0.25) is 0 Å². The van der Waals surface area contributed by atoms with Crippen LogP contribution in [0.25, 0.3) is 98.7 Å². The zero-order valence-corrected chi connectivity index (χ0v) is 29.8. The molecule has 0 aromatic heterocycles. The fourth-order valence-electron chi connectivity index (χ4n) is 9.45. The van der Waals surface area contributed by atoms with Gasteiger partial charge >= 0.3 is 0 Å². The van der Waals surface area contributed by atoms with Crippen molar-refractivity contribution in [3.05, 3.63) is 193 Å². The number of hydrogen-bond donors (Lipinski definition) is 0. The van der Waals surface area contributed by atoms with Gasteiger partial charge in [0.2, 0.25) is 0 Å². The third kappa shape index (κ3) is 4.49. The lowest BCUT2D eigenvalue weighted by Crippen LogP contribution is -2.15. The molecule has 0 unspecified atom stereocenters. The molecule has 0 saturated carbocycles. The highest BCUT2D eigenvalue weighted by Crippen LogP contribution is 2.52. The van der Waals surface area contributed by atoms with Gasteiger partial charge in [-0.2, -0.15) is 0 Å².